The zero-order chi connectivity index (χ0) is 38.1. The topological polar surface area (TPSA) is 6.48 Å². The number of anilines is 6. The molecule has 0 N–H and O–H groups in total. The molecule has 7 aromatic carbocycles. The Balaban J connectivity index is 0.984. The lowest BCUT2D eigenvalue weighted by atomic mass is 9.48. The van der Waals surface area contributed by atoms with Gasteiger partial charge in [-0.2, -0.15) is 0 Å². The first-order valence-corrected chi connectivity index (χ1v) is 21.2. The molecule has 2 heteroatoms. The van der Waals surface area contributed by atoms with Crippen LogP contribution < -0.4 is 9.80 Å². The summed E-state index contributed by atoms with van der Waals surface area (Å²) in [6.45, 7) is 4.81. The Morgan fingerprint density at radius 2 is 0.754 bits per heavy atom. The molecule has 2 nitrogen and oxygen atoms in total. The molecule has 5 aliphatic carbocycles. The molecular weight excluding hydrogens is 689 g/mol. The van der Waals surface area contributed by atoms with Gasteiger partial charge in [-0.05, 0) is 173 Å². The van der Waals surface area contributed by atoms with E-state index in [1.807, 2.05) is 0 Å². The standard InChI is InChI=1S/C55H50N2/c1-54(2)52-33-48(56(44-14-8-4-9-15-44)45-16-10-5-11-17-45)26-28-50(52)51-29-27-49(34-53(51)54)57(46-22-18-42(19-23-46)41-12-6-3-7-13-41)47-24-20-43(21-25-47)55-35-38-30-39(36-55)32-40(31-38)37-55/h3-29,33-34,38-40H,30-32,35-37H2,1-2H3. The van der Waals surface area contributed by atoms with Crippen molar-refractivity contribution in [3.63, 3.8) is 0 Å². The summed E-state index contributed by atoms with van der Waals surface area (Å²) in [5, 5.41) is 0. The fourth-order valence-electron chi connectivity index (χ4n) is 11.9. The highest BCUT2D eigenvalue weighted by Crippen LogP contribution is 2.61. The van der Waals surface area contributed by atoms with Gasteiger partial charge in [0.25, 0.3) is 0 Å². The van der Waals surface area contributed by atoms with Crippen molar-refractivity contribution < 1.29 is 0 Å². The number of hydrogen-bond acceptors (Lipinski definition) is 2. The highest BCUT2D eigenvalue weighted by molar-refractivity contribution is 5.88. The van der Waals surface area contributed by atoms with Gasteiger partial charge in [-0.25, -0.2) is 0 Å². The highest BCUT2D eigenvalue weighted by atomic mass is 15.1. The van der Waals surface area contributed by atoms with Crippen molar-refractivity contribution in [2.24, 2.45) is 17.8 Å². The molecular formula is C55H50N2. The predicted octanol–water partition coefficient (Wildman–Crippen LogP) is 15.1. The van der Waals surface area contributed by atoms with Gasteiger partial charge in [-0.3, -0.25) is 0 Å². The molecule has 280 valence electrons. The largest absolute Gasteiger partial charge is 0.310 e. The third kappa shape index (κ3) is 5.83. The zero-order valence-electron chi connectivity index (χ0n) is 33.1. The van der Waals surface area contributed by atoms with Crippen LogP contribution in [-0.4, -0.2) is 0 Å². The predicted molar refractivity (Wildman–Crippen MR) is 239 cm³/mol. The normalized spacial score (nSPS) is 22.2. The lowest BCUT2D eigenvalue weighted by Crippen LogP contribution is -2.48. The molecule has 0 heterocycles. The summed E-state index contributed by atoms with van der Waals surface area (Å²) in [6.07, 6.45) is 8.59. The van der Waals surface area contributed by atoms with Gasteiger partial charge < -0.3 is 9.80 Å². The van der Waals surface area contributed by atoms with Crippen LogP contribution >= 0.6 is 0 Å². The summed E-state index contributed by atoms with van der Waals surface area (Å²) in [6, 6.07) is 65.4. The van der Waals surface area contributed by atoms with E-state index in [4.69, 9.17) is 0 Å². The van der Waals surface area contributed by atoms with Gasteiger partial charge in [0.1, 0.15) is 0 Å². The van der Waals surface area contributed by atoms with Gasteiger partial charge in [-0.1, -0.05) is 117 Å². The summed E-state index contributed by atoms with van der Waals surface area (Å²) >= 11 is 0. The molecule has 5 aliphatic rings. The molecule has 0 atom stereocenters. The molecule has 0 amide bonds. The van der Waals surface area contributed by atoms with Crippen LogP contribution in [-0.2, 0) is 10.8 Å². The number of nitrogens with zero attached hydrogens (tertiary/aromatic N) is 2. The second kappa shape index (κ2) is 13.4. The smallest absolute Gasteiger partial charge is 0.0465 e. The summed E-state index contributed by atoms with van der Waals surface area (Å²) < 4.78 is 0. The van der Waals surface area contributed by atoms with E-state index in [-0.39, 0.29) is 5.41 Å². The Hall–Kier alpha value is -5.86. The number of benzene rings is 7. The first kappa shape index (κ1) is 34.4. The average molecular weight is 739 g/mol. The van der Waals surface area contributed by atoms with Gasteiger partial charge in [0.05, 0.1) is 0 Å². The van der Waals surface area contributed by atoms with Gasteiger partial charge >= 0.3 is 0 Å². The van der Waals surface area contributed by atoms with Crippen LogP contribution in [0.1, 0.15) is 69.1 Å². The summed E-state index contributed by atoms with van der Waals surface area (Å²) in [5.41, 5.74) is 16.7. The Kier molecular flexibility index (Phi) is 8.07. The average Bonchev–Trinajstić information content (AvgIpc) is 3.47. The van der Waals surface area contributed by atoms with Crippen LogP contribution in [0.5, 0.6) is 0 Å². The van der Waals surface area contributed by atoms with Crippen LogP contribution in [0.2, 0.25) is 0 Å². The van der Waals surface area contributed by atoms with Crippen LogP contribution in [0.15, 0.2) is 176 Å². The van der Waals surface area contributed by atoms with Crippen molar-refractivity contribution in [3.05, 3.63) is 193 Å². The van der Waals surface area contributed by atoms with Crippen LogP contribution in [0.3, 0.4) is 0 Å². The van der Waals surface area contributed by atoms with E-state index in [0.717, 1.165) is 29.1 Å². The molecule has 0 aliphatic heterocycles. The maximum Gasteiger partial charge on any atom is 0.0465 e. The van der Waals surface area contributed by atoms with Crippen LogP contribution in [0.25, 0.3) is 22.3 Å². The second-order valence-corrected chi connectivity index (χ2v) is 18.1. The van der Waals surface area contributed by atoms with Gasteiger partial charge in [0.15, 0.2) is 0 Å². The lowest BCUT2D eigenvalue weighted by molar-refractivity contribution is -0.00518. The van der Waals surface area contributed by atoms with Crippen molar-refractivity contribution in [2.75, 3.05) is 9.80 Å². The van der Waals surface area contributed by atoms with Crippen LogP contribution in [0, 0.1) is 17.8 Å². The SMILES string of the molecule is CC1(C)c2cc(N(c3ccccc3)c3ccccc3)ccc2-c2ccc(N(c3ccc(-c4ccccc4)cc3)c3ccc(C45CC6CC(CC(C6)C4)C5)cc3)cc21. The Labute approximate surface area is 338 Å². The monoisotopic (exact) mass is 738 g/mol. The van der Waals surface area contributed by atoms with E-state index in [1.165, 1.54) is 94.7 Å². The quantitative estimate of drug-likeness (QED) is 0.153. The van der Waals surface area contributed by atoms with E-state index in [9.17, 15) is 0 Å². The molecule has 0 aromatic heterocycles. The third-order valence-electron chi connectivity index (χ3n) is 14.2. The minimum Gasteiger partial charge on any atom is -0.310 e. The lowest BCUT2D eigenvalue weighted by Gasteiger charge is -2.57. The molecule has 0 saturated heterocycles. The van der Waals surface area contributed by atoms with Gasteiger partial charge in [-0.15, -0.1) is 0 Å². The second-order valence-electron chi connectivity index (χ2n) is 18.1. The van der Waals surface area contributed by atoms with E-state index < -0.39 is 0 Å². The third-order valence-corrected chi connectivity index (χ3v) is 14.2. The van der Waals surface area contributed by atoms with Crippen molar-refractivity contribution in [1.29, 1.82) is 0 Å². The number of para-hydroxylation sites is 2. The number of hydrogen-bond donors (Lipinski definition) is 0. The van der Waals surface area contributed by atoms with E-state index >= 15 is 0 Å². The Morgan fingerprint density at radius 3 is 1.21 bits per heavy atom. The van der Waals surface area contributed by atoms with Crippen molar-refractivity contribution >= 4 is 34.1 Å². The maximum atomic E-state index is 2.49. The highest BCUT2D eigenvalue weighted by Gasteiger charge is 2.51. The minimum atomic E-state index is -0.194. The molecule has 0 spiro atoms. The molecule has 4 fully saturated rings. The zero-order valence-corrected chi connectivity index (χ0v) is 33.1. The minimum absolute atomic E-state index is 0.194. The van der Waals surface area contributed by atoms with E-state index in [1.54, 1.807) is 5.56 Å². The Morgan fingerprint density at radius 1 is 0.386 bits per heavy atom. The first-order chi connectivity index (χ1) is 27.9. The molecule has 57 heavy (non-hydrogen) atoms. The van der Waals surface area contributed by atoms with Gasteiger partial charge in [0, 0.05) is 39.5 Å². The van der Waals surface area contributed by atoms with Crippen LogP contribution in [0.4, 0.5) is 34.1 Å². The van der Waals surface area contributed by atoms with Crippen molar-refractivity contribution in [3.8, 4) is 22.3 Å². The number of fused-ring (bicyclic) bond motifs is 3. The molecule has 4 bridgehead atoms. The van der Waals surface area contributed by atoms with E-state index in [2.05, 4.69) is 200 Å². The Bertz CT molecular complexity index is 2480. The molecule has 4 saturated carbocycles. The van der Waals surface area contributed by atoms with Crippen molar-refractivity contribution in [2.45, 2.75) is 63.2 Å². The van der Waals surface area contributed by atoms with E-state index in [0.29, 0.717) is 5.41 Å². The fourth-order valence-corrected chi connectivity index (χ4v) is 11.9. The molecule has 0 radical (unpaired) electrons. The molecule has 0 unspecified atom stereocenters. The number of rotatable bonds is 8. The summed E-state index contributed by atoms with van der Waals surface area (Å²) in [5.74, 6) is 2.81. The maximum absolute atomic E-state index is 2.49. The molecule has 12 rings (SSSR count). The van der Waals surface area contributed by atoms with Crippen molar-refractivity contribution in [1.82, 2.24) is 0 Å². The summed E-state index contributed by atoms with van der Waals surface area (Å²) in [4.78, 5) is 4.86. The van der Waals surface area contributed by atoms with Gasteiger partial charge in [0.2, 0.25) is 0 Å². The molecule has 7 aromatic rings. The fraction of sp³-hybridized carbons (Fsp3) is 0.236. The first-order valence-electron chi connectivity index (χ1n) is 21.2. The summed E-state index contributed by atoms with van der Waals surface area (Å²) in [7, 11) is 0.